The van der Waals surface area contributed by atoms with Crippen LogP contribution in [0.25, 0.3) is 5.76 Å². The lowest BCUT2D eigenvalue weighted by Crippen LogP contribution is -2.44. The number of hydrazine groups is 1. The highest BCUT2D eigenvalue weighted by atomic mass is 35.5. The second-order valence-corrected chi connectivity index (χ2v) is 6.78. The molecule has 0 bridgehead atoms. The van der Waals surface area contributed by atoms with Crippen molar-refractivity contribution in [3.05, 3.63) is 101 Å². The maximum absolute atomic E-state index is 12.5. The monoisotopic (exact) mass is 435 g/mol. The molecule has 0 atom stereocenters. The molecule has 0 heterocycles. The highest BCUT2D eigenvalue weighted by molar-refractivity contribution is 6.41. The van der Waals surface area contributed by atoms with Crippen molar-refractivity contribution in [2.75, 3.05) is 5.32 Å². The molecule has 8 heteroatoms. The van der Waals surface area contributed by atoms with Gasteiger partial charge in [0.1, 0.15) is 5.76 Å². The average molecular weight is 436 g/mol. The molecule has 0 aliphatic heterocycles. The highest BCUT2D eigenvalue weighted by Gasteiger charge is 2.16. The quantitative estimate of drug-likeness (QED) is 0.202. The Balaban J connectivity index is 1.63. The molecule has 3 aromatic rings. The lowest BCUT2D eigenvalue weighted by Gasteiger charge is -2.12. The number of aliphatic hydroxyl groups excluding tert-OH is 1. The number of halogens is 1. The fraction of sp³-hybridized carbons (Fsp3) is 0. The number of nitrogens with one attached hydrogen (secondary N) is 3. The lowest BCUT2D eigenvalue weighted by molar-refractivity contribution is -0.135. The molecule has 31 heavy (non-hydrogen) atoms. The summed E-state index contributed by atoms with van der Waals surface area (Å²) >= 11 is 5.77. The van der Waals surface area contributed by atoms with E-state index in [2.05, 4.69) is 10.7 Å². The summed E-state index contributed by atoms with van der Waals surface area (Å²) in [6.07, 6.45) is 0.760. The van der Waals surface area contributed by atoms with Gasteiger partial charge in [-0.3, -0.25) is 25.2 Å². The van der Waals surface area contributed by atoms with E-state index in [1.165, 1.54) is 24.3 Å². The fourth-order valence-electron chi connectivity index (χ4n) is 2.60. The molecule has 156 valence electrons. The van der Waals surface area contributed by atoms with Crippen LogP contribution in [0.1, 0.15) is 15.9 Å². The standard InChI is InChI=1S/C23H18ClN3O4/c24-16-12-10-15(11-13-16)20(28)14-21(29)23(31)27-26-22(30)18-8-4-5-9-19(18)25-17-6-2-1-3-7-17/h1-14,25,28H,(H,26,30)(H,27,31)/b20-14-. The van der Waals surface area contributed by atoms with Gasteiger partial charge in [0, 0.05) is 22.3 Å². The molecular formula is C23H18ClN3O4. The summed E-state index contributed by atoms with van der Waals surface area (Å²) in [6.45, 7) is 0. The summed E-state index contributed by atoms with van der Waals surface area (Å²) in [5.41, 5.74) is 6.12. The number of aliphatic hydroxyl groups is 1. The van der Waals surface area contributed by atoms with Gasteiger partial charge in [-0.15, -0.1) is 0 Å². The van der Waals surface area contributed by atoms with Crippen molar-refractivity contribution >= 4 is 46.3 Å². The van der Waals surface area contributed by atoms with E-state index in [4.69, 9.17) is 11.6 Å². The molecule has 0 spiro atoms. The van der Waals surface area contributed by atoms with E-state index >= 15 is 0 Å². The molecule has 4 N–H and O–H groups in total. The smallest absolute Gasteiger partial charge is 0.310 e. The Labute approximate surface area is 183 Å². The van der Waals surface area contributed by atoms with Gasteiger partial charge in [-0.2, -0.15) is 0 Å². The maximum Gasteiger partial charge on any atom is 0.310 e. The van der Waals surface area contributed by atoms with Gasteiger partial charge in [-0.1, -0.05) is 41.9 Å². The number of amides is 2. The van der Waals surface area contributed by atoms with Gasteiger partial charge in [0.2, 0.25) is 5.78 Å². The molecule has 0 unspecified atom stereocenters. The third-order valence-corrected chi connectivity index (χ3v) is 4.40. The minimum Gasteiger partial charge on any atom is -0.507 e. The van der Waals surface area contributed by atoms with E-state index in [1.54, 1.807) is 24.3 Å². The SMILES string of the molecule is O=C(/C=C(\O)c1ccc(Cl)cc1)C(=O)NNC(=O)c1ccccc1Nc1ccccc1. The largest absolute Gasteiger partial charge is 0.507 e. The van der Waals surface area contributed by atoms with Gasteiger partial charge < -0.3 is 10.4 Å². The number of hydrogen-bond donors (Lipinski definition) is 4. The molecular weight excluding hydrogens is 418 g/mol. The van der Waals surface area contributed by atoms with Crippen LogP contribution in [0.5, 0.6) is 0 Å². The highest BCUT2D eigenvalue weighted by Crippen LogP contribution is 2.20. The zero-order chi connectivity index (χ0) is 22.2. The minimum atomic E-state index is -1.11. The Morgan fingerprint density at radius 1 is 0.806 bits per heavy atom. The van der Waals surface area contributed by atoms with Gasteiger partial charge >= 0.3 is 5.91 Å². The lowest BCUT2D eigenvalue weighted by atomic mass is 10.1. The second kappa shape index (κ2) is 10.1. The van der Waals surface area contributed by atoms with Crippen molar-refractivity contribution < 1.29 is 19.5 Å². The van der Waals surface area contributed by atoms with Crippen LogP contribution in [0.3, 0.4) is 0 Å². The molecule has 3 aromatic carbocycles. The zero-order valence-corrected chi connectivity index (χ0v) is 16.9. The van der Waals surface area contributed by atoms with E-state index in [-0.39, 0.29) is 5.56 Å². The van der Waals surface area contributed by atoms with Crippen molar-refractivity contribution in [3.8, 4) is 0 Å². The first-order valence-electron chi connectivity index (χ1n) is 9.16. The summed E-state index contributed by atoms with van der Waals surface area (Å²) in [7, 11) is 0. The number of ketones is 1. The van der Waals surface area contributed by atoms with Gasteiger partial charge in [-0.25, -0.2) is 0 Å². The van der Waals surface area contributed by atoms with Crippen LogP contribution in [-0.2, 0) is 9.59 Å². The summed E-state index contributed by atoms with van der Waals surface area (Å²) in [5, 5.41) is 13.6. The normalized spacial score (nSPS) is 10.8. The Morgan fingerprint density at radius 3 is 2.16 bits per heavy atom. The summed E-state index contributed by atoms with van der Waals surface area (Å²) in [4.78, 5) is 36.5. The van der Waals surface area contributed by atoms with Crippen LogP contribution in [0.15, 0.2) is 84.9 Å². The summed E-state index contributed by atoms with van der Waals surface area (Å²) in [6, 6.07) is 22.0. The van der Waals surface area contributed by atoms with Crippen molar-refractivity contribution in [3.63, 3.8) is 0 Å². The Morgan fingerprint density at radius 2 is 1.45 bits per heavy atom. The molecule has 0 aliphatic carbocycles. The first-order chi connectivity index (χ1) is 14.9. The Hall–Kier alpha value is -4.10. The fourth-order valence-corrected chi connectivity index (χ4v) is 2.73. The Bertz CT molecular complexity index is 1130. The molecule has 0 aromatic heterocycles. The topological polar surface area (TPSA) is 108 Å². The molecule has 2 amide bonds. The van der Waals surface area contributed by atoms with Crippen molar-refractivity contribution in [1.82, 2.24) is 10.9 Å². The third kappa shape index (κ3) is 5.94. The van der Waals surface area contributed by atoms with E-state index in [1.807, 2.05) is 35.8 Å². The number of benzene rings is 3. The molecule has 7 nitrogen and oxygen atoms in total. The van der Waals surface area contributed by atoms with Gasteiger partial charge in [0.25, 0.3) is 5.91 Å². The van der Waals surface area contributed by atoms with E-state index in [0.29, 0.717) is 16.3 Å². The second-order valence-electron chi connectivity index (χ2n) is 6.35. The van der Waals surface area contributed by atoms with Gasteiger partial charge in [0.15, 0.2) is 0 Å². The van der Waals surface area contributed by atoms with Gasteiger partial charge in [0.05, 0.1) is 11.3 Å². The van der Waals surface area contributed by atoms with Crippen LogP contribution in [-0.4, -0.2) is 22.7 Å². The third-order valence-electron chi connectivity index (χ3n) is 4.15. The predicted molar refractivity (Wildman–Crippen MR) is 119 cm³/mol. The first kappa shape index (κ1) is 21.6. The molecule has 0 radical (unpaired) electrons. The molecule has 0 saturated heterocycles. The summed E-state index contributed by atoms with van der Waals surface area (Å²) < 4.78 is 0. The predicted octanol–water partition coefficient (Wildman–Crippen LogP) is 4.01. The number of rotatable bonds is 6. The number of hydrogen-bond acceptors (Lipinski definition) is 5. The van der Waals surface area contributed by atoms with E-state index in [9.17, 15) is 19.5 Å². The Kier molecular flexibility index (Phi) is 7.03. The number of carbonyl (C=O) groups is 3. The van der Waals surface area contributed by atoms with Crippen molar-refractivity contribution in [1.29, 1.82) is 0 Å². The number of carbonyl (C=O) groups excluding carboxylic acids is 3. The van der Waals surface area contributed by atoms with Gasteiger partial charge in [-0.05, 0) is 48.5 Å². The van der Waals surface area contributed by atoms with Crippen LogP contribution in [0.2, 0.25) is 5.02 Å². The zero-order valence-electron chi connectivity index (χ0n) is 16.1. The summed E-state index contributed by atoms with van der Waals surface area (Å²) in [5.74, 6) is -3.17. The molecule has 3 rings (SSSR count). The number of para-hydroxylation sites is 2. The van der Waals surface area contributed by atoms with Crippen molar-refractivity contribution in [2.24, 2.45) is 0 Å². The van der Waals surface area contributed by atoms with Crippen LogP contribution >= 0.6 is 11.6 Å². The van der Waals surface area contributed by atoms with E-state index < -0.39 is 23.4 Å². The minimum absolute atomic E-state index is 0.263. The molecule has 0 fully saturated rings. The maximum atomic E-state index is 12.5. The molecule has 0 saturated carbocycles. The number of anilines is 2. The van der Waals surface area contributed by atoms with Crippen LogP contribution in [0.4, 0.5) is 11.4 Å². The van der Waals surface area contributed by atoms with Crippen LogP contribution in [0, 0.1) is 0 Å². The molecule has 0 aliphatic rings. The first-order valence-corrected chi connectivity index (χ1v) is 9.54. The average Bonchev–Trinajstić information content (AvgIpc) is 2.78. The van der Waals surface area contributed by atoms with Crippen molar-refractivity contribution in [2.45, 2.75) is 0 Å². The van der Waals surface area contributed by atoms with Crippen LogP contribution < -0.4 is 16.2 Å². The van der Waals surface area contributed by atoms with E-state index in [0.717, 1.165) is 11.8 Å².